The van der Waals surface area contributed by atoms with Crippen molar-refractivity contribution >= 4 is 16.6 Å². The fraction of sp³-hybridized carbons (Fsp3) is 0.0435. The SMILES string of the molecule is O=[N+]([O-])c1cccc2c1c(C(c1ccccc1)(c1ccccc1)c1ccccc1)cn2C(c1ccccc1)(c1ccccc1)c1ccccc1. The maximum Gasteiger partial charge on any atom is 0.279 e. The Morgan fingerprint density at radius 1 is 0.420 bits per heavy atom. The highest BCUT2D eigenvalue weighted by Gasteiger charge is 2.46. The Morgan fingerprint density at radius 2 is 0.760 bits per heavy atom. The number of nitrogens with zero attached hydrogens (tertiary/aromatic N) is 2. The molecule has 7 aromatic carbocycles. The predicted molar refractivity (Wildman–Crippen MR) is 202 cm³/mol. The van der Waals surface area contributed by atoms with Gasteiger partial charge in [0.05, 0.1) is 21.2 Å². The van der Waals surface area contributed by atoms with Gasteiger partial charge in [0.2, 0.25) is 0 Å². The molecule has 0 bridgehead atoms. The summed E-state index contributed by atoms with van der Waals surface area (Å²) in [5, 5.41) is 13.8. The third-order valence-corrected chi connectivity index (χ3v) is 9.96. The Kier molecular flexibility index (Phi) is 7.90. The van der Waals surface area contributed by atoms with Crippen LogP contribution in [0.3, 0.4) is 0 Å². The Balaban J connectivity index is 1.64. The summed E-state index contributed by atoms with van der Waals surface area (Å²) in [6, 6.07) is 68.0. The molecule has 0 saturated carbocycles. The fourth-order valence-electron chi connectivity index (χ4n) is 7.97. The molecule has 0 N–H and O–H groups in total. The highest BCUT2D eigenvalue weighted by molar-refractivity contribution is 5.96. The van der Waals surface area contributed by atoms with Crippen molar-refractivity contribution in [2.75, 3.05) is 0 Å². The summed E-state index contributed by atoms with van der Waals surface area (Å²) in [6.45, 7) is 0. The molecule has 0 aliphatic heterocycles. The molecule has 4 heteroatoms. The van der Waals surface area contributed by atoms with Crippen LogP contribution < -0.4 is 0 Å². The molecule has 0 aliphatic carbocycles. The number of aromatic nitrogens is 1. The van der Waals surface area contributed by atoms with Crippen molar-refractivity contribution in [2.45, 2.75) is 11.0 Å². The first kappa shape index (κ1) is 30.8. The molecule has 0 spiro atoms. The van der Waals surface area contributed by atoms with Crippen LogP contribution in [0.4, 0.5) is 5.69 Å². The summed E-state index contributed by atoms with van der Waals surface area (Å²) >= 11 is 0. The molecular formula is C46H34N2O2. The minimum Gasteiger partial charge on any atom is -0.328 e. The van der Waals surface area contributed by atoms with E-state index < -0.39 is 11.0 Å². The zero-order valence-electron chi connectivity index (χ0n) is 27.3. The second-order valence-corrected chi connectivity index (χ2v) is 12.5. The lowest BCUT2D eigenvalue weighted by Gasteiger charge is -2.39. The topological polar surface area (TPSA) is 48.1 Å². The molecule has 50 heavy (non-hydrogen) atoms. The van der Waals surface area contributed by atoms with E-state index in [0.717, 1.165) is 44.5 Å². The van der Waals surface area contributed by atoms with E-state index in [1.165, 1.54) is 0 Å². The van der Waals surface area contributed by atoms with Crippen LogP contribution in [-0.2, 0) is 11.0 Å². The van der Waals surface area contributed by atoms with Crippen LogP contribution in [0.2, 0.25) is 0 Å². The monoisotopic (exact) mass is 646 g/mol. The highest BCUT2D eigenvalue weighted by Crippen LogP contribution is 2.52. The summed E-state index contributed by atoms with van der Waals surface area (Å²) in [5.74, 6) is 0. The lowest BCUT2D eigenvalue weighted by Crippen LogP contribution is -2.37. The minimum absolute atomic E-state index is 0.0616. The molecule has 8 rings (SSSR count). The second-order valence-electron chi connectivity index (χ2n) is 12.5. The number of fused-ring (bicyclic) bond motifs is 1. The lowest BCUT2D eigenvalue weighted by atomic mass is 9.65. The van der Waals surface area contributed by atoms with Gasteiger partial charge in [-0.05, 0) is 39.4 Å². The third-order valence-electron chi connectivity index (χ3n) is 9.96. The molecule has 0 radical (unpaired) electrons. The lowest BCUT2D eigenvalue weighted by molar-refractivity contribution is -0.383. The largest absolute Gasteiger partial charge is 0.328 e. The van der Waals surface area contributed by atoms with E-state index in [1.807, 2.05) is 84.9 Å². The quantitative estimate of drug-likeness (QED) is 0.0890. The molecule has 0 atom stereocenters. The van der Waals surface area contributed by atoms with Crippen molar-refractivity contribution in [1.82, 2.24) is 4.57 Å². The minimum atomic E-state index is -0.921. The molecule has 8 aromatic rings. The summed E-state index contributed by atoms with van der Waals surface area (Å²) in [6.07, 6.45) is 2.19. The van der Waals surface area contributed by atoms with Crippen LogP contribution in [0.25, 0.3) is 10.9 Å². The smallest absolute Gasteiger partial charge is 0.279 e. The van der Waals surface area contributed by atoms with Gasteiger partial charge in [-0.1, -0.05) is 188 Å². The van der Waals surface area contributed by atoms with E-state index in [9.17, 15) is 10.1 Å². The first-order valence-corrected chi connectivity index (χ1v) is 16.8. The van der Waals surface area contributed by atoms with Crippen LogP contribution in [0, 0.1) is 10.1 Å². The highest BCUT2D eigenvalue weighted by atomic mass is 16.6. The van der Waals surface area contributed by atoms with Gasteiger partial charge in [0, 0.05) is 17.8 Å². The van der Waals surface area contributed by atoms with Crippen molar-refractivity contribution in [1.29, 1.82) is 0 Å². The number of hydrogen-bond acceptors (Lipinski definition) is 2. The number of benzene rings is 7. The average molecular weight is 647 g/mol. The second kappa shape index (κ2) is 12.8. The van der Waals surface area contributed by atoms with Crippen molar-refractivity contribution in [3.63, 3.8) is 0 Å². The predicted octanol–water partition coefficient (Wildman–Crippen LogP) is 10.8. The van der Waals surface area contributed by atoms with Crippen LogP contribution in [0.15, 0.2) is 206 Å². The van der Waals surface area contributed by atoms with E-state index in [4.69, 9.17) is 0 Å². The molecule has 0 fully saturated rings. The first-order valence-electron chi connectivity index (χ1n) is 16.8. The summed E-state index contributed by atoms with van der Waals surface area (Å²) < 4.78 is 2.29. The molecule has 0 saturated heterocycles. The Labute approximate surface area is 291 Å². The van der Waals surface area contributed by atoms with Gasteiger partial charge >= 0.3 is 0 Å². The van der Waals surface area contributed by atoms with Crippen LogP contribution in [0.5, 0.6) is 0 Å². The van der Waals surface area contributed by atoms with Crippen molar-refractivity contribution in [2.24, 2.45) is 0 Å². The van der Waals surface area contributed by atoms with E-state index >= 15 is 0 Å². The molecule has 240 valence electrons. The van der Waals surface area contributed by atoms with Gasteiger partial charge in [-0.2, -0.15) is 0 Å². The van der Waals surface area contributed by atoms with Gasteiger partial charge in [0.15, 0.2) is 0 Å². The summed E-state index contributed by atoms with van der Waals surface area (Å²) in [4.78, 5) is 12.9. The molecule has 4 nitrogen and oxygen atoms in total. The van der Waals surface area contributed by atoms with Crippen LogP contribution in [-0.4, -0.2) is 9.49 Å². The number of hydrogen-bond donors (Lipinski definition) is 0. The fourth-order valence-corrected chi connectivity index (χ4v) is 7.97. The molecule has 0 aliphatic rings. The van der Waals surface area contributed by atoms with Gasteiger partial charge in [-0.25, -0.2) is 0 Å². The zero-order valence-corrected chi connectivity index (χ0v) is 27.3. The van der Waals surface area contributed by atoms with Gasteiger partial charge in [0.1, 0.15) is 5.54 Å². The Hall–Kier alpha value is -6.52. The zero-order chi connectivity index (χ0) is 34.0. The maximum atomic E-state index is 13.2. The Morgan fingerprint density at radius 3 is 1.10 bits per heavy atom. The molecular weight excluding hydrogens is 613 g/mol. The van der Waals surface area contributed by atoms with Crippen molar-refractivity contribution in [3.8, 4) is 0 Å². The average Bonchev–Trinajstić information content (AvgIpc) is 3.58. The molecule has 1 aromatic heterocycles. The van der Waals surface area contributed by atoms with Crippen LogP contribution >= 0.6 is 0 Å². The van der Waals surface area contributed by atoms with Crippen molar-refractivity contribution in [3.05, 3.63) is 255 Å². The standard InChI is InChI=1S/C46H34N2O2/c49-48(50)43-33-19-32-42-44(43)41(45(35-20-7-1-8-21-35,36-22-9-2-10-23-36)37-24-11-3-12-25-37)34-47(42)46(38-26-13-4-14-27-38,39-28-15-5-16-29-39)40-30-17-6-18-31-40/h1-34H. The number of nitro groups is 1. The number of rotatable bonds is 9. The van der Waals surface area contributed by atoms with Gasteiger partial charge < -0.3 is 4.57 Å². The normalized spacial score (nSPS) is 11.8. The molecule has 0 unspecified atom stereocenters. The van der Waals surface area contributed by atoms with E-state index in [2.05, 4.69) is 120 Å². The van der Waals surface area contributed by atoms with E-state index in [0.29, 0.717) is 5.39 Å². The summed E-state index contributed by atoms with van der Waals surface area (Å²) in [7, 11) is 0. The third kappa shape index (κ3) is 4.76. The van der Waals surface area contributed by atoms with Gasteiger partial charge in [0.25, 0.3) is 5.69 Å². The van der Waals surface area contributed by atoms with Crippen molar-refractivity contribution < 1.29 is 4.92 Å². The molecule has 0 amide bonds. The maximum absolute atomic E-state index is 13.2. The Bertz CT molecular complexity index is 2180. The number of nitro benzene ring substituents is 1. The van der Waals surface area contributed by atoms with E-state index in [-0.39, 0.29) is 10.6 Å². The number of non-ortho nitro benzene ring substituents is 1. The summed E-state index contributed by atoms with van der Waals surface area (Å²) in [5.41, 5.74) is 5.99. The van der Waals surface area contributed by atoms with E-state index in [1.54, 1.807) is 6.07 Å². The van der Waals surface area contributed by atoms with Gasteiger partial charge in [-0.3, -0.25) is 10.1 Å². The molecule has 1 heterocycles. The van der Waals surface area contributed by atoms with Gasteiger partial charge in [-0.15, -0.1) is 0 Å². The van der Waals surface area contributed by atoms with Crippen LogP contribution in [0.1, 0.15) is 38.9 Å². The first-order chi connectivity index (χ1) is 24.7.